The number of amides is 5. The lowest BCUT2D eigenvalue weighted by Crippen LogP contribution is -2.54. The third-order valence-electron chi connectivity index (χ3n) is 5.26. The molecule has 2 rings (SSSR count). The van der Waals surface area contributed by atoms with E-state index in [9.17, 15) is 28.8 Å². The van der Waals surface area contributed by atoms with Crippen LogP contribution < -0.4 is 16.0 Å². The number of unbranched alkanes of at least 4 members (excludes halogenated alkanes) is 1. The van der Waals surface area contributed by atoms with Crippen LogP contribution in [0.5, 0.6) is 0 Å². The second kappa shape index (κ2) is 12.4. The largest absolute Gasteiger partial charge is 0.480 e. The number of carbonyl (C=O) groups is 6. The fourth-order valence-electron chi connectivity index (χ4n) is 3.34. The molecule has 1 aromatic rings. The van der Waals surface area contributed by atoms with Gasteiger partial charge in [0.1, 0.15) is 18.1 Å². The van der Waals surface area contributed by atoms with Crippen LogP contribution in [0.25, 0.3) is 0 Å². The molecule has 0 saturated heterocycles. The van der Waals surface area contributed by atoms with Crippen molar-refractivity contribution in [3.63, 3.8) is 0 Å². The molecule has 1 heterocycles. The van der Waals surface area contributed by atoms with E-state index in [0.717, 1.165) is 0 Å². The Balaban J connectivity index is 1.91. The number of halogens is 1. The number of fused-ring (bicyclic) bond motifs is 1. The maximum Gasteiger partial charge on any atom is 0.325 e. The number of hydrogen-bond donors (Lipinski definition) is 4. The van der Waals surface area contributed by atoms with Gasteiger partial charge in [-0.15, -0.1) is 0 Å². The third-order valence-corrected chi connectivity index (χ3v) is 5.95. The summed E-state index contributed by atoms with van der Waals surface area (Å²) in [4.78, 5) is 73.6. The summed E-state index contributed by atoms with van der Waals surface area (Å²) >= 11 is 1.86. The number of carboxylic acids is 1. The Morgan fingerprint density at radius 2 is 1.47 bits per heavy atom. The van der Waals surface area contributed by atoms with Gasteiger partial charge >= 0.3 is 5.97 Å². The summed E-state index contributed by atoms with van der Waals surface area (Å²) in [6.45, 7) is 2.88. The Labute approximate surface area is 210 Å². The molecule has 0 aromatic heterocycles. The first-order valence-electron chi connectivity index (χ1n) is 10.7. The molecule has 11 nitrogen and oxygen atoms in total. The molecule has 0 spiro atoms. The maximum absolute atomic E-state index is 12.7. The fraction of sp³-hybridized carbons (Fsp3) is 0.455. The monoisotopic (exact) mass is 586 g/mol. The predicted octanol–water partition coefficient (Wildman–Crippen LogP) is 0.467. The zero-order valence-electron chi connectivity index (χ0n) is 18.8. The number of nitrogens with one attached hydrogen (secondary N) is 3. The van der Waals surface area contributed by atoms with Crippen molar-refractivity contribution in [3.05, 3.63) is 35.4 Å². The van der Waals surface area contributed by atoms with E-state index in [1.807, 2.05) is 22.6 Å². The van der Waals surface area contributed by atoms with Gasteiger partial charge in [-0.2, -0.15) is 0 Å². The first-order valence-corrected chi connectivity index (χ1v) is 12.2. The van der Waals surface area contributed by atoms with Crippen molar-refractivity contribution < 1.29 is 33.9 Å². The van der Waals surface area contributed by atoms with Gasteiger partial charge in [0, 0.05) is 6.54 Å². The third kappa shape index (κ3) is 6.98. The summed E-state index contributed by atoms with van der Waals surface area (Å²) in [7, 11) is 0. The molecule has 184 valence electrons. The molecule has 0 unspecified atom stereocenters. The van der Waals surface area contributed by atoms with E-state index in [-0.39, 0.29) is 35.1 Å². The molecule has 5 amide bonds. The van der Waals surface area contributed by atoms with Crippen LogP contribution in [0.4, 0.5) is 0 Å². The van der Waals surface area contributed by atoms with Crippen LogP contribution in [-0.2, 0) is 19.2 Å². The highest BCUT2D eigenvalue weighted by Gasteiger charge is 2.34. The molecule has 0 bridgehead atoms. The van der Waals surface area contributed by atoms with Crippen LogP contribution in [0.1, 0.15) is 53.8 Å². The Morgan fingerprint density at radius 3 is 2.00 bits per heavy atom. The highest BCUT2D eigenvalue weighted by atomic mass is 127. The fourth-order valence-corrected chi connectivity index (χ4v) is 3.56. The average Bonchev–Trinajstić information content (AvgIpc) is 3.05. The van der Waals surface area contributed by atoms with E-state index in [4.69, 9.17) is 5.11 Å². The van der Waals surface area contributed by atoms with Crippen LogP contribution in [0.2, 0.25) is 0 Å². The van der Waals surface area contributed by atoms with Crippen LogP contribution in [0.15, 0.2) is 24.3 Å². The van der Waals surface area contributed by atoms with Gasteiger partial charge in [-0.1, -0.05) is 34.7 Å². The number of rotatable bonds is 12. The van der Waals surface area contributed by atoms with Gasteiger partial charge in [0.2, 0.25) is 17.7 Å². The number of aliphatic carboxylic acids is 1. The molecular weight excluding hydrogens is 559 g/mol. The number of hydrogen-bond acceptors (Lipinski definition) is 6. The minimum atomic E-state index is -1.21. The Bertz CT molecular complexity index is 949. The van der Waals surface area contributed by atoms with Crippen molar-refractivity contribution >= 4 is 58.1 Å². The topological polar surface area (TPSA) is 162 Å². The summed E-state index contributed by atoms with van der Waals surface area (Å²) in [5.41, 5.74) is 0.729. The first-order chi connectivity index (χ1) is 16.1. The second-order valence-electron chi connectivity index (χ2n) is 7.86. The van der Waals surface area contributed by atoms with Gasteiger partial charge < -0.3 is 21.1 Å². The maximum atomic E-state index is 12.7. The molecule has 12 heteroatoms. The van der Waals surface area contributed by atoms with Gasteiger partial charge in [-0.05, 0) is 45.2 Å². The van der Waals surface area contributed by atoms with Gasteiger partial charge in [0.25, 0.3) is 11.8 Å². The molecule has 0 radical (unpaired) electrons. The van der Waals surface area contributed by atoms with Crippen LogP contribution >= 0.6 is 22.6 Å². The van der Waals surface area contributed by atoms with Gasteiger partial charge in [-0.25, -0.2) is 0 Å². The number of nitrogens with zero attached hydrogens (tertiary/aromatic N) is 1. The molecule has 34 heavy (non-hydrogen) atoms. The highest BCUT2D eigenvalue weighted by Crippen LogP contribution is 2.22. The first kappa shape index (κ1) is 27.2. The van der Waals surface area contributed by atoms with Crippen molar-refractivity contribution in [1.29, 1.82) is 0 Å². The zero-order chi connectivity index (χ0) is 25.4. The van der Waals surface area contributed by atoms with E-state index < -0.39 is 35.9 Å². The van der Waals surface area contributed by atoms with E-state index >= 15 is 0 Å². The van der Waals surface area contributed by atoms with E-state index in [1.54, 1.807) is 24.3 Å². The van der Waals surface area contributed by atoms with Crippen LogP contribution in [0, 0.1) is 0 Å². The smallest absolute Gasteiger partial charge is 0.325 e. The van der Waals surface area contributed by atoms with Crippen molar-refractivity contribution in [2.75, 3.05) is 11.0 Å². The lowest BCUT2D eigenvalue weighted by molar-refractivity contribution is -0.141. The zero-order valence-corrected chi connectivity index (χ0v) is 21.0. The number of benzene rings is 1. The standard InChI is InChI=1S/C22H27IN4O7/c1-12(18(29)25-13(2)22(33)34)24-19(30)16(26-17(28)11-23)9-5-6-10-27-20(31)14-7-3-4-8-15(14)21(27)32/h3-4,7-8,12-13,16H,5-6,9-11H2,1-2H3,(H,24,30)(H,25,29)(H,26,28)(H,33,34)/t12-,13-,16+/m1/s1. The predicted molar refractivity (Wildman–Crippen MR) is 129 cm³/mol. The Morgan fingerprint density at radius 1 is 0.912 bits per heavy atom. The number of carboxylic acid groups (broad SMARTS) is 1. The summed E-state index contributed by atoms with van der Waals surface area (Å²) in [6.07, 6.45) is 1.06. The SMILES string of the molecule is C[C@@H](NC(=O)[C@@H](C)NC(=O)[C@H](CCCCN1C(=O)c2ccccc2C1=O)NC(=O)CI)C(=O)O. The summed E-state index contributed by atoms with van der Waals surface area (Å²) in [5.74, 6) is -3.56. The summed E-state index contributed by atoms with van der Waals surface area (Å²) in [6, 6.07) is 3.51. The van der Waals surface area contributed by atoms with Crippen LogP contribution in [-0.4, -0.2) is 74.6 Å². The second-order valence-corrected chi connectivity index (χ2v) is 8.62. The molecular formula is C22H27IN4O7. The summed E-state index contributed by atoms with van der Waals surface area (Å²) < 4.78 is 0.128. The van der Waals surface area contributed by atoms with Crippen molar-refractivity contribution in [2.45, 2.75) is 51.2 Å². The number of imide groups is 1. The molecule has 0 aliphatic carbocycles. The van der Waals surface area contributed by atoms with E-state index in [1.165, 1.54) is 18.7 Å². The molecule has 1 aliphatic heterocycles. The molecule has 3 atom stereocenters. The molecule has 1 aromatic carbocycles. The van der Waals surface area contributed by atoms with Crippen molar-refractivity contribution in [3.8, 4) is 0 Å². The number of alkyl halides is 1. The molecule has 0 saturated carbocycles. The summed E-state index contributed by atoms with van der Waals surface area (Å²) in [5, 5.41) is 16.2. The van der Waals surface area contributed by atoms with Gasteiger partial charge in [0.05, 0.1) is 15.6 Å². The number of carbonyl (C=O) groups excluding carboxylic acids is 5. The van der Waals surface area contributed by atoms with Crippen molar-refractivity contribution in [1.82, 2.24) is 20.9 Å². The normalized spacial score (nSPS) is 15.2. The molecule has 1 aliphatic rings. The van der Waals surface area contributed by atoms with Crippen molar-refractivity contribution in [2.24, 2.45) is 0 Å². The lowest BCUT2D eigenvalue weighted by Gasteiger charge is -2.22. The quantitative estimate of drug-likeness (QED) is 0.120. The minimum absolute atomic E-state index is 0.128. The van der Waals surface area contributed by atoms with E-state index in [2.05, 4.69) is 16.0 Å². The average molecular weight is 586 g/mol. The van der Waals surface area contributed by atoms with Crippen LogP contribution in [0.3, 0.4) is 0 Å². The lowest BCUT2D eigenvalue weighted by atomic mass is 10.1. The van der Waals surface area contributed by atoms with E-state index in [0.29, 0.717) is 24.0 Å². The Kier molecular flexibility index (Phi) is 9.96. The Hall–Kier alpha value is -3.03. The highest BCUT2D eigenvalue weighted by molar-refractivity contribution is 14.1. The minimum Gasteiger partial charge on any atom is -0.480 e. The van der Waals surface area contributed by atoms with Gasteiger partial charge in [-0.3, -0.25) is 33.7 Å². The molecule has 0 fully saturated rings. The van der Waals surface area contributed by atoms with Gasteiger partial charge in [0.15, 0.2) is 0 Å². The molecule has 4 N–H and O–H groups in total.